The lowest BCUT2D eigenvalue weighted by Gasteiger charge is -1.99. The molecule has 0 saturated carbocycles. The van der Waals surface area contributed by atoms with Crippen LogP contribution in [0.15, 0.2) is 27.9 Å². The second-order valence-corrected chi connectivity index (χ2v) is 5.61. The quantitative estimate of drug-likeness (QED) is 0.683. The van der Waals surface area contributed by atoms with Crippen molar-refractivity contribution in [3.63, 3.8) is 0 Å². The lowest BCUT2D eigenvalue weighted by atomic mass is 10.5. The first kappa shape index (κ1) is 13.9. The van der Waals surface area contributed by atoms with E-state index in [2.05, 4.69) is 31.6 Å². The van der Waals surface area contributed by atoms with Crippen molar-refractivity contribution in [2.75, 3.05) is 0 Å². The third kappa shape index (κ3) is 3.97. The van der Waals surface area contributed by atoms with E-state index < -0.39 is 0 Å². The molecule has 0 fully saturated rings. The number of nitrogens with one attached hydrogen (secondary N) is 1. The Morgan fingerprint density at radius 1 is 1.68 bits per heavy atom. The Hall–Kier alpha value is -1.54. The Balaban J connectivity index is 1.86. The Labute approximate surface area is 121 Å². The lowest BCUT2D eigenvalue weighted by molar-refractivity contribution is -0.121. The van der Waals surface area contributed by atoms with Crippen LogP contribution in [0, 0.1) is 12.1 Å². The molecule has 1 amide bonds. The van der Waals surface area contributed by atoms with E-state index in [9.17, 15) is 9.18 Å². The molecular weight excluding hydrogens is 335 g/mol. The minimum absolute atomic E-state index is 0.0720. The molecule has 0 atom stereocenters. The number of hydrogen-bond acceptors (Lipinski definition) is 4. The molecule has 0 aromatic carbocycles. The van der Waals surface area contributed by atoms with Crippen LogP contribution in [0.4, 0.5) is 4.39 Å². The van der Waals surface area contributed by atoms with Gasteiger partial charge in [0.15, 0.2) is 5.13 Å². The molecule has 2 aromatic rings. The monoisotopic (exact) mass is 344 g/mol. The molecule has 2 aromatic heterocycles. The van der Waals surface area contributed by atoms with Crippen molar-refractivity contribution in [2.24, 2.45) is 5.10 Å². The molecule has 0 aliphatic rings. The second-order valence-electron chi connectivity index (χ2n) is 3.70. The molecule has 0 saturated heterocycles. The first-order valence-corrected chi connectivity index (χ1v) is 6.92. The number of hydrogen-bond donors (Lipinski definition) is 1. The normalized spacial score (nSPS) is 11.1. The van der Waals surface area contributed by atoms with Crippen LogP contribution >= 0.6 is 27.3 Å². The fourth-order valence-corrected chi connectivity index (χ4v) is 2.24. The summed E-state index contributed by atoms with van der Waals surface area (Å²) in [5.41, 5.74) is 3.17. The van der Waals surface area contributed by atoms with Gasteiger partial charge in [-0.15, -0.1) is 11.3 Å². The maximum absolute atomic E-state index is 12.7. The van der Waals surface area contributed by atoms with Crippen LogP contribution in [-0.4, -0.2) is 21.9 Å². The molecule has 0 aliphatic heterocycles. The minimum Gasteiger partial charge on any atom is -0.271 e. The fourth-order valence-electron chi connectivity index (χ4n) is 1.32. The highest BCUT2D eigenvalue weighted by atomic mass is 79.9. The van der Waals surface area contributed by atoms with Gasteiger partial charge in [-0.05, 0) is 35.0 Å². The highest BCUT2D eigenvalue weighted by Crippen LogP contribution is 2.13. The van der Waals surface area contributed by atoms with Gasteiger partial charge in [0.25, 0.3) is 5.91 Å². The van der Waals surface area contributed by atoms with Crippen molar-refractivity contribution < 1.29 is 9.18 Å². The zero-order chi connectivity index (χ0) is 13.8. The molecule has 8 heteroatoms. The molecule has 100 valence electrons. The Morgan fingerprint density at radius 3 is 3.05 bits per heavy atom. The maximum atomic E-state index is 12.7. The number of thiophene rings is 1. The van der Waals surface area contributed by atoms with Gasteiger partial charge >= 0.3 is 0 Å². The predicted molar refractivity (Wildman–Crippen MR) is 74.7 cm³/mol. The maximum Gasteiger partial charge on any atom is 0.261 e. The largest absolute Gasteiger partial charge is 0.271 e. The first-order valence-electron chi connectivity index (χ1n) is 5.31. The summed E-state index contributed by atoms with van der Waals surface area (Å²) in [6, 6.07) is 2.93. The molecule has 5 nitrogen and oxygen atoms in total. The first-order chi connectivity index (χ1) is 9.04. The van der Waals surface area contributed by atoms with Gasteiger partial charge in [-0.25, -0.2) is 5.43 Å². The van der Waals surface area contributed by atoms with E-state index in [1.807, 2.05) is 6.92 Å². The molecule has 0 radical (unpaired) electrons. The standard InChI is InChI=1S/C11H10BrFN4OS/c1-7-9(12)5-17(16-7)6-11(18)15-14-4-8-2-3-10(13)19-8/h2-5H,6H2,1H3,(H,15,18). The smallest absolute Gasteiger partial charge is 0.261 e. The van der Waals surface area contributed by atoms with Gasteiger partial charge in [0.1, 0.15) is 6.54 Å². The molecule has 2 heterocycles. The van der Waals surface area contributed by atoms with Crippen molar-refractivity contribution in [1.82, 2.24) is 15.2 Å². The fraction of sp³-hybridized carbons (Fsp3) is 0.182. The lowest BCUT2D eigenvalue weighted by Crippen LogP contribution is -2.23. The van der Waals surface area contributed by atoms with Crippen LogP contribution in [-0.2, 0) is 11.3 Å². The van der Waals surface area contributed by atoms with Crippen LogP contribution in [0.1, 0.15) is 10.6 Å². The molecular formula is C11H10BrFN4OS. The van der Waals surface area contributed by atoms with E-state index in [0.29, 0.717) is 4.88 Å². The van der Waals surface area contributed by atoms with Gasteiger partial charge in [0.2, 0.25) is 0 Å². The zero-order valence-corrected chi connectivity index (χ0v) is 12.3. The summed E-state index contributed by atoms with van der Waals surface area (Å²) < 4.78 is 15.0. The average molecular weight is 345 g/mol. The zero-order valence-electron chi connectivity index (χ0n) is 9.93. The van der Waals surface area contributed by atoms with E-state index >= 15 is 0 Å². The summed E-state index contributed by atoms with van der Waals surface area (Å²) in [6.07, 6.45) is 3.11. The van der Waals surface area contributed by atoms with E-state index in [0.717, 1.165) is 21.5 Å². The summed E-state index contributed by atoms with van der Waals surface area (Å²) in [5.74, 6) is -0.303. The highest BCUT2D eigenvalue weighted by molar-refractivity contribution is 9.10. The third-order valence-corrected chi connectivity index (χ3v) is 3.75. The molecule has 1 N–H and O–H groups in total. The van der Waals surface area contributed by atoms with Gasteiger partial charge in [-0.2, -0.15) is 14.6 Å². The Bertz CT molecular complexity index is 602. The van der Waals surface area contributed by atoms with Crippen molar-refractivity contribution in [3.8, 4) is 0 Å². The average Bonchev–Trinajstić information content (AvgIpc) is 2.86. The topological polar surface area (TPSA) is 59.3 Å². The molecule has 0 spiro atoms. The minimum atomic E-state index is -0.303. The second kappa shape index (κ2) is 6.07. The van der Waals surface area contributed by atoms with Crippen LogP contribution in [0.5, 0.6) is 0 Å². The summed E-state index contributed by atoms with van der Waals surface area (Å²) in [6.45, 7) is 1.91. The van der Waals surface area contributed by atoms with E-state index in [-0.39, 0.29) is 17.6 Å². The van der Waals surface area contributed by atoms with Crippen molar-refractivity contribution in [3.05, 3.63) is 38.5 Å². The van der Waals surface area contributed by atoms with Crippen molar-refractivity contribution >= 4 is 39.4 Å². The van der Waals surface area contributed by atoms with Crippen LogP contribution in [0.3, 0.4) is 0 Å². The highest BCUT2D eigenvalue weighted by Gasteiger charge is 2.05. The SMILES string of the molecule is Cc1nn(CC(=O)NN=Cc2ccc(F)s2)cc1Br. The number of amides is 1. The number of halogens is 2. The summed E-state index contributed by atoms with van der Waals surface area (Å²) >= 11 is 4.27. The Kier molecular flexibility index (Phi) is 4.43. The van der Waals surface area contributed by atoms with E-state index in [4.69, 9.17) is 0 Å². The van der Waals surface area contributed by atoms with Crippen LogP contribution in [0.25, 0.3) is 0 Å². The molecule has 0 bridgehead atoms. The molecule has 2 rings (SSSR count). The number of carbonyl (C=O) groups excluding carboxylic acids is 1. The van der Waals surface area contributed by atoms with E-state index in [1.54, 1.807) is 12.3 Å². The number of aryl methyl sites for hydroxylation is 1. The third-order valence-electron chi connectivity index (χ3n) is 2.17. The summed E-state index contributed by atoms with van der Waals surface area (Å²) in [4.78, 5) is 12.2. The number of hydrazone groups is 1. The molecule has 19 heavy (non-hydrogen) atoms. The van der Waals surface area contributed by atoms with E-state index in [1.165, 1.54) is 17.0 Å². The number of carbonyl (C=O) groups is 1. The molecule has 0 aliphatic carbocycles. The van der Waals surface area contributed by atoms with Crippen molar-refractivity contribution in [2.45, 2.75) is 13.5 Å². The van der Waals surface area contributed by atoms with Gasteiger partial charge < -0.3 is 0 Å². The van der Waals surface area contributed by atoms with Gasteiger partial charge in [0.05, 0.1) is 21.3 Å². The van der Waals surface area contributed by atoms with Crippen molar-refractivity contribution in [1.29, 1.82) is 0 Å². The number of rotatable bonds is 4. The molecule has 0 unspecified atom stereocenters. The number of nitrogens with zero attached hydrogens (tertiary/aromatic N) is 3. The van der Waals surface area contributed by atoms with Crippen LogP contribution < -0.4 is 5.43 Å². The van der Waals surface area contributed by atoms with Gasteiger partial charge in [-0.3, -0.25) is 9.48 Å². The summed E-state index contributed by atoms with van der Waals surface area (Å²) in [7, 11) is 0. The summed E-state index contributed by atoms with van der Waals surface area (Å²) in [5, 5.41) is 7.59. The van der Waals surface area contributed by atoms with Crippen LogP contribution in [0.2, 0.25) is 0 Å². The van der Waals surface area contributed by atoms with Gasteiger partial charge in [0, 0.05) is 6.20 Å². The predicted octanol–water partition coefficient (Wildman–Crippen LogP) is 2.30. The number of aromatic nitrogens is 2. The van der Waals surface area contributed by atoms with Gasteiger partial charge in [-0.1, -0.05) is 0 Å². The Morgan fingerprint density at radius 2 is 2.47 bits per heavy atom.